The lowest BCUT2D eigenvalue weighted by molar-refractivity contribution is 0.767. The van der Waals surface area contributed by atoms with Gasteiger partial charge in [-0.3, -0.25) is 0 Å². The molecule has 72 heavy (non-hydrogen) atoms. The van der Waals surface area contributed by atoms with Crippen LogP contribution in [-0.4, -0.2) is 13.6 Å². The quantitative estimate of drug-likeness (QED) is 0.0767. The van der Waals surface area contributed by atoms with Crippen LogP contribution in [0.4, 0.5) is 11.4 Å². The van der Waals surface area contributed by atoms with Crippen molar-refractivity contribution in [3.05, 3.63) is 313 Å². The van der Waals surface area contributed by atoms with Gasteiger partial charge >= 0.3 is 0 Å². The van der Waals surface area contributed by atoms with Crippen LogP contribution < -0.4 is 16.8 Å². The average molecular weight is 940 g/mol. The number of fused-ring (bicyclic) bond motifs is 7. The van der Waals surface area contributed by atoms with Crippen LogP contribution in [0.5, 0.6) is 0 Å². The molecule has 2 aliphatic carbocycles. The van der Waals surface area contributed by atoms with Crippen LogP contribution in [0.2, 0.25) is 0 Å². The van der Waals surface area contributed by atoms with Gasteiger partial charge < -0.3 is 16.8 Å². The van der Waals surface area contributed by atoms with Crippen molar-refractivity contribution in [1.29, 1.82) is 0 Å². The first-order valence-corrected chi connectivity index (χ1v) is 24.9. The van der Waals surface area contributed by atoms with Gasteiger partial charge in [0.15, 0.2) is 0 Å². The topological polar surface area (TPSA) is 64.1 Å². The summed E-state index contributed by atoms with van der Waals surface area (Å²) in [5, 5.41) is 3.03. The van der Waals surface area contributed by atoms with Crippen LogP contribution in [0.25, 0.3) is 45.0 Å². The molecule has 1 spiro atoms. The lowest BCUT2D eigenvalue weighted by atomic mass is 9.65. The minimum Gasteiger partial charge on any atom is -0.399 e. The number of allylic oxidation sites excluding steroid dienone is 10. The summed E-state index contributed by atoms with van der Waals surface area (Å²) in [6.45, 7) is 14.5. The van der Waals surface area contributed by atoms with Crippen molar-refractivity contribution < 1.29 is 0 Å². The first-order valence-electron chi connectivity index (χ1n) is 24.9. The highest BCUT2D eigenvalue weighted by atomic mass is 14.8. The third-order valence-corrected chi connectivity index (χ3v) is 12.2. The van der Waals surface area contributed by atoms with E-state index in [9.17, 15) is 0 Å². The zero-order valence-corrected chi connectivity index (χ0v) is 42.4. The van der Waals surface area contributed by atoms with E-state index >= 15 is 0 Å². The Balaban J connectivity index is 0.000000355. The van der Waals surface area contributed by atoms with Crippen LogP contribution in [-0.2, 0) is 11.8 Å². The van der Waals surface area contributed by atoms with Gasteiger partial charge in [0.25, 0.3) is 0 Å². The van der Waals surface area contributed by atoms with Crippen molar-refractivity contribution in [2.45, 2.75) is 32.6 Å². The summed E-state index contributed by atoms with van der Waals surface area (Å²) in [6.07, 6.45) is 21.9. The maximum Gasteiger partial charge on any atom is 0.0713 e. The molecule has 0 radical (unpaired) electrons. The second-order valence-electron chi connectivity index (χ2n) is 16.9. The van der Waals surface area contributed by atoms with Crippen LogP contribution in [0, 0.1) is 0 Å². The van der Waals surface area contributed by atoms with Gasteiger partial charge in [0.2, 0.25) is 0 Å². The SMILES string of the molecule is C=C1/C=C\C=C/c2ccccc2C12c1ccccc1-c1ccc(-c3cccc(C(/C=C\CN)=C/C=C/Cc4ccc(-c5ccccc5)cc4)c3)cc12.C=CC.CC.CNc1ccccc1.Nc1ccccc1. The molecule has 0 saturated heterocycles. The van der Waals surface area contributed by atoms with Crippen LogP contribution in [0.3, 0.4) is 0 Å². The van der Waals surface area contributed by atoms with Gasteiger partial charge in [0, 0.05) is 25.0 Å². The highest BCUT2D eigenvalue weighted by molar-refractivity contribution is 5.90. The van der Waals surface area contributed by atoms with E-state index in [0.29, 0.717) is 6.54 Å². The third-order valence-electron chi connectivity index (χ3n) is 12.2. The lowest BCUT2D eigenvalue weighted by Crippen LogP contribution is -2.29. The first-order chi connectivity index (χ1) is 35.4. The summed E-state index contributed by atoms with van der Waals surface area (Å²) < 4.78 is 0. The van der Waals surface area contributed by atoms with Crippen molar-refractivity contribution >= 4 is 23.0 Å². The van der Waals surface area contributed by atoms with Crippen molar-refractivity contribution in [3.63, 3.8) is 0 Å². The number of rotatable bonds is 9. The molecule has 0 fully saturated rings. The smallest absolute Gasteiger partial charge is 0.0713 e. The normalized spacial score (nSPS) is 14.7. The van der Waals surface area contributed by atoms with Crippen LogP contribution in [0.15, 0.2) is 280 Å². The predicted molar refractivity (Wildman–Crippen MR) is 316 cm³/mol. The van der Waals surface area contributed by atoms with E-state index in [2.05, 4.69) is 206 Å². The standard InChI is InChI=1S/C51H41N.C7H9N.C6H7N.C3H6.C2H6/c1-37-15-5-7-20-42-21-9-11-26-48(42)51(37)49-27-12-10-25-46(49)47-33-32-45(36-50(47)51)44-23-13-22-43(35-44)40(24-14-34-52)19-8-6-16-38-28-30-41(31-29-38)39-17-3-2-4-18-39;1-8-7-5-3-2-4-6-7;7-6-4-2-1-3-5-6;1-3-2;1-2/h2-15,17-33,35-36H,1,16,34,52H2;2-6,8H,1H3;1-5H,7H2;3H,1H2,2H3;1-2H3/b8-6+,15-5-,20-7-,24-14-,40-19+;;;;. The van der Waals surface area contributed by atoms with Crippen LogP contribution >= 0.6 is 0 Å². The van der Waals surface area contributed by atoms with Crippen LogP contribution in [0.1, 0.15) is 54.2 Å². The van der Waals surface area contributed by atoms with Crippen molar-refractivity contribution in [2.24, 2.45) is 5.73 Å². The number of hydrogen-bond acceptors (Lipinski definition) is 3. The van der Waals surface area contributed by atoms with Gasteiger partial charge in [0.05, 0.1) is 5.41 Å². The molecule has 5 N–H and O–H groups in total. The molecule has 0 amide bonds. The second kappa shape index (κ2) is 27.6. The number of anilines is 2. The summed E-state index contributed by atoms with van der Waals surface area (Å²) in [5.74, 6) is 0. The van der Waals surface area contributed by atoms with E-state index in [4.69, 9.17) is 18.0 Å². The number of nitrogen functional groups attached to an aromatic ring is 1. The maximum absolute atomic E-state index is 5.94. The summed E-state index contributed by atoms with van der Waals surface area (Å²) in [5.41, 5.74) is 29.7. The molecule has 1 atom stereocenters. The zero-order chi connectivity index (χ0) is 51.0. The Morgan fingerprint density at radius 3 is 1.78 bits per heavy atom. The van der Waals surface area contributed by atoms with E-state index < -0.39 is 5.41 Å². The molecule has 0 saturated carbocycles. The van der Waals surface area contributed by atoms with E-state index in [1.807, 2.05) is 94.6 Å². The Kier molecular flexibility index (Phi) is 20.3. The zero-order valence-electron chi connectivity index (χ0n) is 42.4. The molecule has 0 bridgehead atoms. The molecule has 8 aromatic carbocycles. The highest BCUT2D eigenvalue weighted by Gasteiger charge is 2.47. The monoisotopic (exact) mass is 940 g/mol. The largest absolute Gasteiger partial charge is 0.399 e. The van der Waals surface area contributed by atoms with Crippen molar-refractivity contribution in [1.82, 2.24) is 0 Å². The van der Waals surface area contributed by atoms with Crippen molar-refractivity contribution in [2.75, 3.05) is 24.6 Å². The molecule has 360 valence electrons. The maximum atomic E-state index is 5.94. The number of nitrogens with two attached hydrogens (primary N) is 2. The van der Waals surface area contributed by atoms with E-state index in [-0.39, 0.29) is 0 Å². The Morgan fingerprint density at radius 2 is 1.12 bits per heavy atom. The Bertz CT molecular complexity index is 3120. The van der Waals surface area contributed by atoms with Gasteiger partial charge in [-0.1, -0.05) is 251 Å². The minimum absolute atomic E-state index is 0.483. The summed E-state index contributed by atoms with van der Waals surface area (Å²) in [6, 6.07) is 72.3. The average Bonchev–Trinajstić information content (AvgIpc) is 3.74. The fraction of sp³-hybridized carbons (Fsp3) is 0.101. The van der Waals surface area contributed by atoms with Gasteiger partial charge in [-0.2, -0.15) is 0 Å². The molecular weight excluding hydrogens is 871 g/mol. The number of nitrogens with one attached hydrogen (secondary N) is 1. The predicted octanol–water partition coefficient (Wildman–Crippen LogP) is 17.4. The first kappa shape index (κ1) is 52.9. The number of benzene rings is 8. The molecule has 0 aromatic heterocycles. The molecule has 3 heteroatoms. The second-order valence-corrected chi connectivity index (χ2v) is 16.9. The summed E-state index contributed by atoms with van der Waals surface area (Å²) in [7, 11) is 1.91. The van der Waals surface area contributed by atoms with Gasteiger partial charge in [-0.05, 0) is 128 Å². The minimum atomic E-state index is -0.501. The van der Waals surface area contributed by atoms with Gasteiger partial charge in [-0.15, -0.1) is 6.58 Å². The molecule has 0 aliphatic heterocycles. The molecule has 3 nitrogen and oxygen atoms in total. The molecule has 10 rings (SSSR count). The highest BCUT2D eigenvalue weighted by Crippen LogP contribution is 2.58. The Labute approximate surface area is 430 Å². The van der Waals surface area contributed by atoms with Gasteiger partial charge in [-0.25, -0.2) is 0 Å². The fourth-order valence-electron chi connectivity index (χ4n) is 8.93. The molecule has 0 heterocycles. The Morgan fingerprint density at radius 1 is 0.569 bits per heavy atom. The van der Waals surface area contributed by atoms with E-state index in [0.717, 1.165) is 34.5 Å². The summed E-state index contributed by atoms with van der Waals surface area (Å²) in [4.78, 5) is 0. The van der Waals surface area contributed by atoms with E-state index in [1.54, 1.807) is 6.08 Å². The molecule has 2 aliphatic rings. The number of para-hydroxylation sites is 2. The molecular formula is C69H69N3. The fourth-order valence-corrected chi connectivity index (χ4v) is 8.93. The Hall–Kier alpha value is -8.50. The summed E-state index contributed by atoms with van der Waals surface area (Å²) >= 11 is 0. The molecule has 8 aromatic rings. The van der Waals surface area contributed by atoms with Gasteiger partial charge in [0.1, 0.15) is 0 Å². The van der Waals surface area contributed by atoms with E-state index in [1.165, 1.54) is 61.2 Å². The van der Waals surface area contributed by atoms with Crippen molar-refractivity contribution in [3.8, 4) is 33.4 Å². The molecule has 1 unspecified atom stereocenters. The lowest BCUT2D eigenvalue weighted by Gasteiger charge is -2.36. The number of hydrogen-bond donors (Lipinski definition) is 3. The third kappa shape index (κ3) is 13.2.